The molecule has 0 bridgehead atoms. The van der Waals surface area contributed by atoms with Gasteiger partial charge in [-0.3, -0.25) is 4.90 Å². The van der Waals surface area contributed by atoms with Gasteiger partial charge in [0.1, 0.15) is 0 Å². The van der Waals surface area contributed by atoms with Gasteiger partial charge in [0, 0.05) is 13.1 Å². The van der Waals surface area contributed by atoms with Crippen molar-refractivity contribution in [3.63, 3.8) is 0 Å². The van der Waals surface area contributed by atoms with E-state index in [9.17, 15) is 4.79 Å². The fourth-order valence-electron chi connectivity index (χ4n) is 1.47. The SMILES string of the molecule is CC.O=C(O)N1Cc2ccccc2C1. The molecular weight excluding hydrogens is 178 g/mol. The Morgan fingerprint density at radius 2 is 1.64 bits per heavy atom. The second-order valence-electron chi connectivity index (χ2n) is 2.91. The first-order chi connectivity index (χ1) is 6.77. The Labute approximate surface area is 84.0 Å². The van der Waals surface area contributed by atoms with E-state index in [0.29, 0.717) is 13.1 Å². The van der Waals surface area contributed by atoms with E-state index >= 15 is 0 Å². The van der Waals surface area contributed by atoms with E-state index in [1.165, 1.54) is 4.90 Å². The van der Waals surface area contributed by atoms with Gasteiger partial charge in [-0.05, 0) is 11.1 Å². The maximum absolute atomic E-state index is 10.6. The molecule has 0 fully saturated rings. The normalized spacial score (nSPS) is 12.9. The number of carboxylic acid groups (broad SMARTS) is 1. The molecule has 1 aliphatic rings. The molecule has 2 rings (SSSR count). The van der Waals surface area contributed by atoms with E-state index in [1.54, 1.807) is 0 Å². The number of hydrogen-bond donors (Lipinski definition) is 1. The number of rotatable bonds is 0. The van der Waals surface area contributed by atoms with Crippen molar-refractivity contribution in [2.75, 3.05) is 0 Å². The van der Waals surface area contributed by atoms with Gasteiger partial charge >= 0.3 is 6.09 Å². The summed E-state index contributed by atoms with van der Waals surface area (Å²) in [5, 5.41) is 8.71. The Balaban J connectivity index is 0.000000461. The number of nitrogens with zero attached hydrogens (tertiary/aromatic N) is 1. The lowest BCUT2D eigenvalue weighted by atomic mass is 10.1. The van der Waals surface area contributed by atoms with Crippen LogP contribution in [0, 0.1) is 0 Å². The Morgan fingerprint density at radius 1 is 1.21 bits per heavy atom. The van der Waals surface area contributed by atoms with Gasteiger partial charge in [-0.15, -0.1) is 0 Å². The number of amides is 1. The van der Waals surface area contributed by atoms with Gasteiger partial charge in [-0.25, -0.2) is 4.79 Å². The van der Waals surface area contributed by atoms with Crippen LogP contribution in [0.4, 0.5) is 4.79 Å². The molecule has 1 heterocycles. The zero-order valence-electron chi connectivity index (χ0n) is 8.53. The van der Waals surface area contributed by atoms with Crippen molar-refractivity contribution >= 4 is 6.09 Å². The van der Waals surface area contributed by atoms with Crippen molar-refractivity contribution in [3.8, 4) is 0 Å². The predicted octanol–water partition coefficient (Wildman–Crippen LogP) is 2.71. The molecule has 0 aliphatic carbocycles. The van der Waals surface area contributed by atoms with Crippen LogP contribution < -0.4 is 0 Å². The fourth-order valence-corrected chi connectivity index (χ4v) is 1.47. The van der Waals surface area contributed by atoms with E-state index in [2.05, 4.69) is 0 Å². The Morgan fingerprint density at radius 3 is 2.00 bits per heavy atom. The van der Waals surface area contributed by atoms with E-state index in [-0.39, 0.29) is 0 Å². The molecule has 14 heavy (non-hydrogen) atoms. The van der Waals surface area contributed by atoms with Crippen molar-refractivity contribution in [2.24, 2.45) is 0 Å². The van der Waals surface area contributed by atoms with Gasteiger partial charge in [0.05, 0.1) is 0 Å². The van der Waals surface area contributed by atoms with Gasteiger partial charge in [-0.1, -0.05) is 38.1 Å². The quantitative estimate of drug-likeness (QED) is 0.688. The maximum atomic E-state index is 10.6. The molecule has 1 amide bonds. The number of benzene rings is 1. The summed E-state index contributed by atoms with van der Waals surface area (Å²) in [5.74, 6) is 0. The molecule has 0 saturated heterocycles. The first kappa shape index (κ1) is 10.6. The third-order valence-electron chi connectivity index (χ3n) is 2.11. The van der Waals surface area contributed by atoms with E-state index < -0.39 is 6.09 Å². The largest absolute Gasteiger partial charge is 0.465 e. The first-order valence-electron chi connectivity index (χ1n) is 4.82. The molecule has 0 aromatic heterocycles. The summed E-state index contributed by atoms with van der Waals surface area (Å²) in [7, 11) is 0. The van der Waals surface area contributed by atoms with Crippen LogP contribution in [0.15, 0.2) is 24.3 Å². The molecular formula is C11H15NO2. The Bertz CT molecular complexity index is 298. The Hall–Kier alpha value is -1.51. The minimum Gasteiger partial charge on any atom is -0.465 e. The maximum Gasteiger partial charge on any atom is 0.407 e. The van der Waals surface area contributed by atoms with Gasteiger partial charge in [0.15, 0.2) is 0 Å². The molecule has 0 atom stereocenters. The summed E-state index contributed by atoms with van der Waals surface area (Å²) < 4.78 is 0. The molecule has 0 spiro atoms. The van der Waals surface area contributed by atoms with Crippen LogP contribution in [0.2, 0.25) is 0 Å². The van der Waals surface area contributed by atoms with Crippen LogP contribution in [0.3, 0.4) is 0 Å². The molecule has 1 N–H and O–H groups in total. The van der Waals surface area contributed by atoms with Crippen LogP contribution in [0.5, 0.6) is 0 Å². The fraction of sp³-hybridized carbons (Fsp3) is 0.364. The summed E-state index contributed by atoms with van der Waals surface area (Å²) >= 11 is 0. The molecule has 1 aliphatic heterocycles. The van der Waals surface area contributed by atoms with Crippen LogP contribution in [-0.2, 0) is 13.1 Å². The van der Waals surface area contributed by atoms with Gasteiger partial charge in [0.25, 0.3) is 0 Å². The minimum atomic E-state index is -0.841. The molecule has 0 saturated carbocycles. The molecule has 0 radical (unpaired) electrons. The summed E-state index contributed by atoms with van der Waals surface area (Å²) in [6.07, 6.45) is -0.841. The Kier molecular flexibility index (Phi) is 3.51. The lowest BCUT2D eigenvalue weighted by Gasteiger charge is -2.08. The molecule has 1 aromatic rings. The van der Waals surface area contributed by atoms with E-state index in [0.717, 1.165) is 11.1 Å². The molecule has 3 nitrogen and oxygen atoms in total. The monoisotopic (exact) mass is 193 g/mol. The van der Waals surface area contributed by atoms with Crippen LogP contribution >= 0.6 is 0 Å². The van der Waals surface area contributed by atoms with Crippen molar-refractivity contribution in [1.82, 2.24) is 4.90 Å². The zero-order valence-corrected chi connectivity index (χ0v) is 8.53. The molecule has 76 valence electrons. The summed E-state index contributed by atoms with van der Waals surface area (Å²) in [6, 6.07) is 7.81. The van der Waals surface area contributed by atoms with Crippen molar-refractivity contribution in [3.05, 3.63) is 35.4 Å². The second-order valence-corrected chi connectivity index (χ2v) is 2.91. The third-order valence-corrected chi connectivity index (χ3v) is 2.11. The van der Waals surface area contributed by atoms with Crippen molar-refractivity contribution in [1.29, 1.82) is 0 Å². The standard InChI is InChI=1S/C9H9NO2.C2H6/c11-9(12)10-5-7-3-1-2-4-8(7)6-10;1-2/h1-4H,5-6H2,(H,11,12);1-2H3. The molecule has 3 heteroatoms. The van der Waals surface area contributed by atoms with Crippen molar-refractivity contribution in [2.45, 2.75) is 26.9 Å². The third kappa shape index (κ3) is 2.05. The van der Waals surface area contributed by atoms with Crippen LogP contribution in [0.25, 0.3) is 0 Å². The highest BCUT2D eigenvalue weighted by Gasteiger charge is 2.21. The molecule has 0 unspecified atom stereocenters. The van der Waals surface area contributed by atoms with Gasteiger partial charge in [0.2, 0.25) is 0 Å². The lowest BCUT2D eigenvalue weighted by Crippen LogP contribution is -2.22. The number of carbonyl (C=O) groups is 1. The van der Waals surface area contributed by atoms with E-state index in [1.807, 2.05) is 38.1 Å². The van der Waals surface area contributed by atoms with Gasteiger partial charge < -0.3 is 5.11 Å². The van der Waals surface area contributed by atoms with Gasteiger partial charge in [-0.2, -0.15) is 0 Å². The number of hydrogen-bond acceptors (Lipinski definition) is 1. The highest BCUT2D eigenvalue weighted by atomic mass is 16.4. The summed E-state index contributed by atoms with van der Waals surface area (Å²) in [4.78, 5) is 12.0. The van der Waals surface area contributed by atoms with Crippen LogP contribution in [-0.4, -0.2) is 16.1 Å². The highest BCUT2D eigenvalue weighted by molar-refractivity contribution is 5.66. The predicted molar refractivity (Wildman–Crippen MR) is 55.1 cm³/mol. The summed E-state index contributed by atoms with van der Waals surface area (Å²) in [5.41, 5.74) is 2.25. The number of fused-ring (bicyclic) bond motifs is 1. The highest BCUT2D eigenvalue weighted by Crippen LogP contribution is 2.21. The molecule has 1 aromatic carbocycles. The van der Waals surface area contributed by atoms with Crippen molar-refractivity contribution < 1.29 is 9.90 Å². The topological polar surface area (TPSA) is 40.5 Å². The average Bonchev–Trinajstić information content (AvgIpc) is 2.64. The second kappa shape index (κ2) is 4.65. The smallest absolute Gasteiger partial charge is 0.407 e. The van der Waals surface area contributed by atoms with Crippen LogP contribution in [0.1, 0.15) is 25.0 Å². The lowest BCUT2D eigenvalue weighted by molar-refractivity contribution is 0.145. The zero-order chi connectivity index (χ0) is 10.6. The van der Waals surface area contributed by atoms with E-state index in [4.69, 9.17) is 5.11 Å². The first-order valence-corrected chi connectivity index (χ1v) is 4.82. The average molecular weight is 193 g/mol. The summed E-state index contributed by atoms with van der Waals surface area (Å²) in [6.45, 7) is 5.07. The minimum absolute atomic E-state index is 0.533.